The SMILES string of the molecule is C[C@@H](O)[C@H]1C(=O)N2C(C(=O)O)=C(S[C@H]3CC[N+](C)(C)C3)[C@H](C)[C@H]12. The van der Waals surface area contributed by atoms with Crippen LogP contribution in [-0.4, -0.2) is 76.1 Å². The molecule has 23 heavy (non-hydrogen) atoms. The van der Waals surface area contributed by atoms with Crippen molar-refractivity contribution in [1.82, 2.24) is 4.90 Å². The quantitative estimate of drug-likeness (QED) is 0.582. The van der Waals surface area contributed by atoms with Crippen LogP contribution in [0.3, 0.4) is 0 Å². The molecule has 7 heteroatoms. The summed E-state index contributed by atoms with van der Waals surface area (Å²) in [6, 6.07) is -0.208. The van der Waals surface area contributed by atoms with E-state index in [1.165, 1.54) is 4.90 Å². The van der Waals surface area contributed by atoms with E-state index in [2.05, 4.69) is 14.1 Å². The van der Waals surface area contributed by atoms with Gasteiger partial charge in [-0.05, 0) is 6.92 Å². The third kappa shape index (κ3) is 2.58. The van der Waals surface area contributed by atoms with Crippen LogP contribution in [0.4, 0.5) is 0 Å². The molecule has 2 N–H and O–H groups in total. The second-order valence-corrected chi connectivity index (χ2v) is 8.98. The highest BCUT2D eigenvalue weighted by atomic mass is 32.2. The standard InChI is InChI=1S/C16H24N2O4S/c1-8-12-11(9(2)19)15(20)17(12)13(16(21)22)14(8)23-10-5-6-18(3,4)7-10/h8-12,19H,5-7H2,1-4H3/p+1/t8-,9-,10+,11-,12-/m1/s1. The number of rotatable bonds is 4. The summed E-state index contributed by atoms with van der Waals surface area (Å²) in [7, 11) is 4.37. The topological polar surface area (TPSA) is 77.8 Å². The maximum atomic E-state index is 12.3. The van der Waals surface area contributed by atoms with Gasteiger partial charge in [0.1, 0.15) is 5.70 Å². The lowest BCUT2D eigenvalue weighted by molar-refractivity contribution is -0.877. The number of β-lactam (4-membered cyclic amide) rings is 1. The van der Waals surface area contributed by atoms with E-state index >= 15 is 0 Å². The number of aliphatic hydroxyl groups excluding tert-OH is 1. The van der Waals surface area contributed by atoms with E-state index < -0.39 is 18.0 Å². The first kappa shape index (κ1) is 16.8. The number of carboxylic acids is 1. The summed E-state index contributed by atoms with van der Waals surface area (Å²) in [5.41, 5.74) is 0.145. The van der Waals surface area contributed by atoms with Gasteiger partial charge in [0.25, 0.3) is 0 Å². The highest BCUT2D eigenvalue weighted by Crippen LogP contribution is 2.52. The van der Waals surface area contributed by atoms with Crippen LogP contribution in [0, 0.1) is 11.8 Å². The fraction of sp³-hybridized carbons (Fsp3) is 0.750. The molecule has 2 fully saturated rings. The van der Waals surface area contributed by atoms with Crippen LogP contribution >= 0.6 is 11.8 Å². The van der Waals surface area contributed by atoms with Gasteiger partial charge in [0.2, 0.25) is 5.91 Å². The number of thioether (sulfide) groups is 1. The number of aliphatic carboxylic acids is 1. The predicted octanol–water partition coefficient (Wildman–Crippen LogP) is 0.722. The molecule has 0 aromatic heterocycles. The van der Waals surface area contributed by atoms with Gasteiger partial charge in [-0.25, -0.2) is 4.79 Å². The Morgan fingerprint density at radius 2 is 2.09 bits per heavy atom. The minimum Gasteiger partial charge on any atom is -0.477 e. The van der Waals surface area contributed by atoms with Crippen molar-refractivity contribution in [1.29, 1.82) is 0 Å². The van der Waals surface area contributed by atoms with Gasteiger partial charge >= 0.3 is 5.97 Å². The van der Waals surface area contributed by atoms with E-state index in [9.17, 15) is 19.8 Å². The minimum atomic E-state index is -1.04. The Labute approximate surface area is 140 Å². The molecule has 3 aliphatic rings. The zero-order valence-electron chi connectivity index (χ0n) is 14.0. The summed E-state index contributed by atoms with van der Waals surface area (Å²) in [6.07, 6.45) is 0.312. The van der Waals surface area contributed by atoms with Crippen LogP contribution in [0.15, 0.2) is 10.6 Å². The molecule has 6 nitrogen and oxygen atoms in total. The number of hydrogen-bond donors (Lipinski definition) is 2. The van der Waals surface area contributed by atoms with Gasteiger partial charge in [0, 0.05) is 17.2 Å². The molecule has 5 atom stereocenters. The molecule has 3 rings (SSSR count). The van der Waals surface area contributed by atoms with Crippen LogP contribution in [0.25, 0.3) is 0 Å². The molecule has 0 radical (unpaired) electrons. The van der Waals surface area contributed by atoms with Gasteiger partial charge in [-0.1, -0.05) is 6.92 Å². The van der Waals surface area contributed by atoms with Gasteiger partial charge in [-0.3, -0.25) is 4.79 Å². The fourth-order valence-electron chi connectivity index (χ4n) is 4.18. The lowest BCUT2D eigenvalue weighted by Gasteiger charge is -2.46. The summed E-state index contributed by atoms with van der Waals surface area (Å²) in [4.78, 5) is 26.2. The van der Waals surface area contributed by atoms with Gasteiger partial charge in [0.05, 0.1) is 50.5 Å². The number of amides is 1. The van der Waals surface area contributed by atoms with Crippen molar-refractivity contribution < 1.29 is 24.3 Å². The average molecular weight is 341 g/mol. The summed E-state index contributed by atoms with van der Waals surface area (Å²) in [5.74, 6) is -1.80. The van der Waals surface area contributed by atoms with E-state index in [4.69, 9.17) is 0 Å². The molecule has 0 bridgehead atoms. The second kappa shape index (κ2) is 5.50. The van der Waals surface area contributed by atoms with Gasteiger partial charge in [-0.15, -0.1) is 11.8 Å². The molecule has 2 saturated heterocycles. The van der Waals surface area contributed by atoms with E-state index in [1.807, 2.05) is 6.92 Å². The zero-order chi connectivity index (χ0) is 17.1. The molecule has 0 unspecified atom stereocenters. The van der Waals surface area contributed by atoms with Crippen LogP contribution < -0.4 is 0 Å². The van der Waals surface area contributed by atoms with Crippen LogP contribution in [-0.2, 0) is 9.59 Å². The van der Waals surface area contributed by atoms with Crippen molar-refractivity contribution in [3.05, 3.63) is 10.6 Å². The number of fused-ring (bicyclic) bond motifs is 1. The largest absolute Gasteiger partial charge is 0.477 e. The summed E-state index contributed by atoms with van der Waals surface area (Å²) in [5, 5.41) is 19.8. The molecule has 0 saturated carbocycles. The van der Waals surface area contributed by atoms with E-state index in [1.54, 1.807) is 18.7 Å². The van der Waals surface area contributed by atoms with E-state index in [0.29, 0.717) is 5.25 Å². The third-order valence-corrected chi connectivity index (χ3v) is 6.90. The van der Waals surface area contributed by atoms with Crippen molar-refractivity contribution in [2.45, 2.75) is 37.7 Å². The van der Waals surface area contributed by atoms with Gasteiger partial charge in [0.15, 0.2) is 0 Å². The first-order valence-corrected chi connectivity index (χ1v) is 8.99. The fourth-order valence-corrected chi connectivity index (χ4v) is 5.89. The van der Waals surface area contributed by atoms with E-state index in [-0.39, 0.29) is 23.6 Å². The average Bonchev–Trinajstić information content (AvgIpc) is 2.87. The number of carbonyl (C=O) groups excluding carboxylic acids is 1. The normalized spacial score (nSPS) is 36.9. The Hall–Kier alpha value is -1.05. The monoisotopic (exact) mass is 341 g/mol. The molecule has 3 heterocycles. The summed E-state index contributed by atoms with van der Waals surface area (Å²) < 4.78 is 0.949. The smallest absolute Gasteiger partial charge is 0.353 e. The molecule has 1 amide bonds. The first-order valence-electron chi connectivity index (χ1n) is 8.11. The van der Waals surface area contributed by atoms with Crippen molar-refractivity contribution in [3.63, 3.8) is 0 Å². The van der Waals surface area contributed by atoms with Crippen LogP contribution in [0.2, 0.25) is 0 Å². The lowest BCUT2D eigenvalue weighted by Crippen LogP contribution is -2.63. The highest BCUT2D eigenvalue weighted by molar-refractivity contribution is 8.03. The molecule has 0 aliphatic carbocycles. The maximum Gasteiger partial charge on any atom is 0.353 e. The Morgan fingerprint density at radius 3 is 2.57 bits per heavy atom. The number of hydrogen-bond acceptors (Lipinski definition) is 4. The first-order chi connectivity index (χ1) is 10.6. The van der Waals surface area contributed by atoms with Gasteiger partial charge < -0.3 is 19.6 Å². The Kier molecular flexibility index (Phi) is 4.01. The Balaban J connectivity index is 1.86. The Morgan fingerprint density at radius 1 is 1.43 bits per heavy atom. The molecule has 128 valence electrons. The van der Waals surface area contributed by atoms with Crippen molar-refractivity contribution in [2.24, 2.45) is 11.8 Å². The summed E-state index contributed by atoms with van der Waals surface area (Å²) >= 11 is 1.63. The number of likely N-dealkylation sites (tertiary alicyclic amines) is 1. The zero-order valence-corrected chi connectivity index (χ0v) is 14.8. The number of nitrogens with zero attached hydrogens (tertiary/aromatic N) is 2. The molecule has 3 aliphatic heterocycles. The molecule has 0 aromatic carbocycles. The number of quaternary nitrogens is 1. The van der Waals surface area contributed by atoms with E-state index in [0.717, 1.165) is 28.9 Å². The minimum absolute atomic E-state index is 0.0281. The lowest BCUT2D eigenvalue weighted by atomic mass is 9.79. The van der Waals surface area contributed by atoms with Crippen molar-refractivity contribution in [3.8, 4) is 0 Å². The van der Waals surface area contributed by atoms with Crippen molar-refractivity contribution in [2.75, 3.05) is 27.2 Å². The van der Waals surface area contributed by atoms with Crippen molar-refractivity contribution >= 4 is 23.6 Å². The number of aliphatic hydroxyl groups is 1. The molecular formula is C16H25N2O4S+. The third-order valence-electron chi connectivity index (χ3n) is 5.36. The predicted molar refractivity (Wildman–Crippen MR) is 87.5 cm³/mol. The summed E-state index contributed by atoms with van der Waals surface area (Å²) in [6.45, 7) is 5.68. The number of carbonyl (C=O) groups is 2. The van der Waals surface area contributed by atoms with Crippen LogP contribution in [0.1, 0.15) is 20.3 Å². The maximum absolute atomic E-state index is 12.3. The van der Waals surface area contributed by atoms with Crippen LogP contribution in [0.5, 0.6) is 0 Å². The van der Waals surface area contributed by atoms with Gasteiger partial charge in [-0.2, -0.15) is 0 Å². The molecule has 0 aromatic rings. The number of carboxylic acid groups (broad SMARTS) is 1. The molecular weight excluding hydrogens is 316 g/mol. The Bertz CT molecular complexity index is 587. The molecule has 0 spiro atoms. The second-order valence-electron chi connectivity index (χ2n) is 7.64. The highest BCUT2D eigenvalue weighted by Gasteiger charge is 2.60.